The van der Waals surface area contributed by atoms with Crippen molar-refractivity contribution >= 4 is 5.78 Å². The molecule has 0 radical (unpaired) electrons. The molecule has 0 aliphatic heterocycles. The van der Waals surface area contributed by atoms with Crippen LogP contribution >= 0.6 is 0 Å². The van der Waals surface area contributed by atoms with Crippen LogP contribution in [0.15, 0.2) is 36.4 Å². The van der Waals surface area contributed by atoms with Crippen molar-refractivity contribution in [3.05, 3.63) is 47.5 Å². The summed E-state index contributed by atoms with van der Waals surface area (Å²) in [5.74, 6) is 1.64. The van der Waals surface area contributed by atoms with Gasteiger partial charge in [0.1, 0.15) is 5.78 Å². The van der Waals surface area contributed by atoms with E-state index in [-0.39, 0.29) is 30.8 Å². The van der Waals surface area contributed by atoms with E-state index < -0.39 is 0 Å². The zero-order valence-electron chi connectivity index (χ0n) is 19.3. The first-order valence-corrected chi connectivity index (χ1v) is 10.8. The molecule has 0 saturated carbocycles. The Morgan fingerprint density at radius 2 is 1.16 bits per heavy atom. The van der Waals surface area contributed by atoms with E-state index in [1.54, 1.807) is 26.4 Å². The van der Waals surface area contributed by atoms with Crippen LogP contribution in [-0.2, 0) is 4.79 Å². The van der Waals surface area contributed by atoms with E-state index in [2.05, 4.69) is 0 Å². The fourth-order valence-electron chi connectivity index (χ4n) is 3.34. The maximum Gasteiger partial charge on any atom is 0.161 e. The molecule has 0 amide bonds. The molecule has 32 heavy (non-hydrogen) atoms. The van der Waals surface area contributed by atoms with E-state index in [1.165, 1.54) is 0 Å². The van der Waals surface area contributed by atoms with E-state index in [0.29, 0.717) is 49.1 Å². The van der Waals surface area contributed by atoms with Gasteiger partial charge in [-0.15, -0.1) is 0 Å². The Kier molecular flexibility index (Phi) is 10.3. The highest BCUT2D eigenvalue weighted by Gasteiger charge is 2.25. The van der Waals surface area contributed by atoms with E-state index in [0.717, 1.165) is 11.1 Å². The summed E-state index contributed by atoms with van der Waals surface area (Å²) in [6.45, 7) is 4.65. The minimum Gasteiger partial charge on any atom is -0.493 e. The first-order chi connectivity index (χ1) is 15.5. The Morgan fingerprint density at radius 1 is 0.750 bits per heavy atom. The van der Waals surface area contributed by atoms with Gasteiger partial charge in [-0.1, -0.05) is 26.0 Å². The van der Waals surface area contributed by atoms with Crippen LogP contribution < -0.4 is 18.9 Å². The number of methoxy groups -OCH3 is 2. The lowest BCUT2D eigenvalue weighted by Gasteiger charge is -2.20. The number of hydrogen-bond acceptors (Lipinski definition) is 7. The average molecular weight is 447 g/mol. The van der Waals surface area contributed by atoms with Gasteiger partial charge in [0.2, 0.25) is 0 Å². The molecule has 7 nitrogen and oxygen atoms in total. The summed E-state index contributed by atoms with van der Waals surface area (Å²) in [7, 11) is 3.12. The molecule has 2 aromatic carbocycles. The second-order valence-corrected chi connectivity index (χ2v) is 7.52. The van der Waals surface area contributed by atoms with Crippen LogP contribution in [0.5, 0.6) is 23.0 Å². The molecule has 0 spiro atoms. The van der Waals surface area contributed by atoms with Crippen LogP contribution in [-0.4, -0.2) is 56.6 Å². The van der Waals surface area contributed by atoms with Gasteiger partial charge in [0.25, 0.3) is 0 Å². The number of aliphatic hydroxyl groups excluding tert-OH is 2. The maximum atomic E-state index is 13.2. The standard InChI is InChI=1S/C25H34O7/c1-17(19-7-9-21(23(15-19)29-3)31-13-5-11-26)25(28)18(2)20-8-10-22(24(16-20)30-4)32-14-6-12-27/h7-10,15-18,26-27H,5-6,11-14H2,1-4H3. The molecule has 0 aliphatic carbocycles. The average Bonchev–Trinajstić information content (AvgIpc) is 2.83. The first-order valence-electron chi connectivity index (χ1n) is 10.8. The van der Waals surface area contributed by atoms with Crippen molar-refractivity contribution in [1.29, 1.82) is 0 Å². The van der Waals surface area contributed by atoms with Crippen molar-refractivity contribution in [1.82, 2.24) is 0 Å². The number of carbonyl (C=O) groups excluding carboxylic acids is 1. The fourth-order valence-corrected chi connectivity index (χ4v) is 3.34. The van der Waals surface area contributed by atoms with Gasteiger partial charge in [0, 0.05) is 37.9 Å². The summed E-state index contributed by atoms with van der Waals surface area (Å²) in [5, 5.41) is 17.8. The van der Waals surface area contributed by atoms with Gasteiger partial charge in [-0.3, -0.25) is 4.79 Å². The third kappa shape index (κ3) is 6.61. The summed E-state index contributed by atoms with van der Waals surface area (Å²) >= 11 is 0. The molecule has 2 unspecified atom stereocenters. The minimum atomic E-state index is -0.350. The molecule has 2 aromatic rings. The van der Waals surface area contributed by atoms with E-state index in [1.807, 2.05) is 38.1 Å². The van der Waals surface area contributed by atoms with E-state index in [4.69, 9.17) is 29.2 Å². The SMILES string of the molecule is COc1cc(C(C)C(=O)C(C)c2ccc(OCCCO)c(OC)c2)ccc1OCCCO. The number of aliphatic hydroxyl groups is 2. The number of hydrogen-bond donors (Lipinski definition) is 2. The molecule has 0 fully saturated rings. The molecule has 0 aromatic heterocycles. The van der Waals surface area contributed by atoms with Gasteiger partial charge in [-0.05, 0) is 35.4 Å². The molecule has 0 bridgehead atoms. The summed E-state index contributed by atoms with van der Waals surface area (Å²) in [5.41, 5.74) is 1.67. The normalized spacial score (nSPS) is 12.7. The Labute approximate surface area is 189 Å². The first kappa shape index (κ1) is 25.5. The Morgan fingerprint density at radius 3 is 1.50 bits per heavy atom. The van der Waals surface area contributed by atoms with Gasteiger partial charge in [0.05, 0.1) is 27.4 Å². The zero-order valence-corrected chi connectivity index (χ0v) is 19.3. The fraction of sp³-hybridized carbons (Fsp3) is 0.480. The number of ether oxygens (including phenoxy) is 4. The quantitative estimate of drug-likeness (QED) is 0.427. The molecule has 2 N–H and O–H groups in total. The molecule has 2 atom stereocenters. The Balaban J connectivity index is 2.16. The lowest BCUT2D eigenvalue weighted by Crippen LogP contribution is -2.17. The predicted octanol–water partition coefficient (Wildman–Crippen LogP) is 3.70. The van der Waals surface area contributed by atoms with Crippen molar-refractivity contribution in [2.45, 2.75) is 38.5 Å². The molecular formula is C25H34O7. The van der Waals surface area contributed by atoms with Crippen molar-refractivity contribution in [3.63, 3.8) is 0 Å². The number of ketones is 1. The molecule has 7 heteroatoms. The van der Waals surface area contributed by atoms with E-state index in [9.17, 15) is 4.79 Å². The third-order valence-electron chi connectivity index (χ3n) is 5.35. The Hall–Kier alpha value is -2.77. The monoisotopic (exact) mass is 446 g/mol. The van der Waals surface area contributed by atoms with Crippen LogP contribution in [0.1, 0.15) is 49.7 Å². The molecular weight excluding hydrogens is 412 g/mol. The van der Waals surface area contributed by atoms with Crippen molar-refractivity contribution in [2.75, 3.05) is 40.6 Å². The van der Waals surface area contributed by atoms with Crippen molar-refractivity contribution < 1.29 is 34.0 Å². The minimum absolute atomic E-state index is 0.0599. The van der Waals surface area contributed by atoms with Gasteiger partial charge < -0.3 is 29.2 Å². The van der Waals surface area contributed by atoms with Crippen LogP contribution in [0.4, 0.5) is 0 Å². The molecule has 0 saturated heterocycles. The number of Topliss-reactive ketones (excluding diaryl/α,β-unsaturated/α-hetero) is 1. The van der Waals surface area contributed by atoms with E-state index >= 15 is 0 Å². The topological polar surface area (TPSA) is 94.5 Å². The van der Waals surface area contributed by atoms with Crippen molar-refractivity contribution in [2.24, 2.45) is 0 Å². The molecule has 2 rings (SSSR count). The number of carbonyl (C=O) groups is 1. The number of benzene rings is 2. The molecule has 176 valence electrons. The van der Waals surface area contributed by atoms with Gasteiger partial charge in [-0.25, -0.2) is 0 Å². The van der Waals surface area contributed by atoms with Crippen LogP contribution in [0.25, 0.3) is 0 Å². The van der Waals surface area contributed by atoms with Crippen LogP contribution in [0, 0.1) is 0 Å². The van der Waals surface area contributed by atoms with Crippen molar-refractivity contribution in [3.8, 4) is 23.0 Å². The predicted molar refractivity (Wildman–Crippen MR) is 122 cm³/mol. The highest BCUT2D eigenvalue weighted by Crippen LogP contribution is 2.35. The summed E-state index contributed by atoms with van der Waals surface area (Å²) in [6, 6.07) is 11.0. The number of rotatable bonds is 14. The molecule has 0 heterocycles. The zero-order chi connectivity index (χ0) is 23.5. The van der Waals surface area contributed by atoms with Crippen LogP contribution in [0.3, 0.4) is 0 Å². The summed E-state index contributed by atoms with van der Waals surface area (Å²) < 4.78 is 22.1. The third-order valence-corrected chi connectivity index (χ3v) is 5.35. The summed E-state index contributed by atoms with van der Waals surface area (Å²) in [4.78, 5) is 13.2. The van der Waals surface area contributed by atoms with Gasteiger partial charge in [-0.2, -0.15) is 0 Å². The summed E-state index contributed by atoms with van der Waals surface area (Å²) in [6.07, 6.45) is 1.07. The second kappa shape index (κ2) is 12.9. The smallest absolute Gasteiger partial charge is 0.161 e. The Bertz CT molecular complexity index is 796. The van der Waals surface area contributed by atoms with Gasteiger partial charge in [0.15, 0.2) is 23.0 Å². The van der Waals surface area contributed by atoms with Crippen LogP contribution in [0.2, 0.25) is 0 Å². The second-order valence-electron chi connectivity index (χ2n) is 7.52. The highest BCUT2D eigenvalue weighted by molar-refractivity contribution is 5.91. The molecule has 0 aliphatic rings. The lowest BCUT2D eigenvalue weighted by atomic mass is 9.85. The van der Waals surface area contributed by atoms with Gasteiger partial charge >= 0.3 is 0 Å². The lowest BCUT2D eigenvalue weighted by molar-refractivity contribution is -0.121. The maximum absolute atomic E-state index is 13.2. The highest BCUT2D eigenvalue weighted by atomic mass is 16.5. The largest absolute Gasteiger partial charge is 0.493 e.